The molecule has 0 amide bonds. The van der Waals surface area contributed by atoms with Gasteiger partial charge in [0, 0.05) is 0 Å². The fraction of sp³-hybridized carbons (Fsp3) is 1.00. The molecule has 0 aliphatic rings. The molecule has 14 heavy (non-hydrogen) atoms. The molecular weight excluding hydrogens is 225 g/mol. The standard InChI is InChI=1S/C4H4BF8N/c6-3(7,8)1-14(5(12)13)2-4(9,10)11/h1-2H2. The number of rotatable bonds is 3. The third kappa shape index (κ3) is 6.93. The van der Waals surface area contributed by atoms with E-state index in [9.17, 15) is 35.0 Å². The molecule has 0 spiro atoms. The smallest absolute Gasteiger partial charge is 0.269 e. The average Bonchev–Trinajstić information content (AvgIpc) is 1.78. The van der Waals surface area contributed by atoms with Crippen LogP contribution in [-0.4, -0.2) is 37.7 Å². The summed E-state index contributed by atoms with van der Waals surface area (Å²) in [7, 11) is -3.79. The predicted octanol–water partition coefficient (Wildman–Crippen LogP) is 2.34. The van der Waals surface area contributed by atoms with Crippen molar-refractivity contribution in [3.05, 3.63) is 0 Å². The molecule has 0 aliphatic carbocycles. The summed E-state index contributed by atoms with van der Waals surface area (Å²) in [6.45, 7) is -4.58. The van der Waals surface area contributed by atoms with Gasteiger partial charge >= 0.3 is 19.8 Å². The lowest BCUT2D eigenvalue weighted by atomic mass is 10.1. The molecule has 1 nitrogen and oxygen atoms in total. The first-order chi connectivity index (χ1) is 6.01. The van der Waals surface area contributed by atoms with Crippen molar-refractivity contribution >= 4 is 7.40 Å². The zero-order chi connectivity index (χ0) is 11.6. The van der Waals surface area contributed by atoms with Gasteiger partial charge in [-0.25, -0.2) is 0 Å². The Labute approximate surface area is 73.9 Å². The van der Waals surface area contributed by atoms with Gasteiger partial charge in [-0.3, -0.25) is 13.4 Å². The Morgan fingerprint density at radius 3 is 1.21 bits per heavy atom. The summed E-state index contributed by atoms with van der Waals surface area (Å²) < 4.78 is 92.4. The van der Waals surface area contributed by atoms with E-state index in [2.05, 4.69) is 0 Å². The van der Waals surface area contributed by atoms with Gasteiger partial charge in [0.25, 0.3) is 0 Å². The number of halogens is 8. The Balaban J connectivity index is 4.32. The first-order valence-electron chi connectivity index (χ1n) is 3.17. The number of nitrogens with zero attached hydrogens (tertiary/aromatic N) is 1. The van der Waals surface area contributed by atoms with Crippen LogP contribution in [-0.2, 0) is 0 Å². The van der Waals surface area contributed by atoms with Gasteiger partial charge in [-0.15, -0.1) is 0 Å². The highest BCUT2D eigenvalue weighted by Crippen LogP contribution is 2.22. The maximum absolute atomic E-state index is 11.7. The van der Waals surface area contributed by atoms with Crippen LogP contribution in [0.1, 0.15) is 0 Å². The molecule has 0 heterocycles. The van der Waals surface area contributed by atoms with Crippen LogP contribution in [0.5, 0.6) is 0 Å². The highest BCUT2D eigenvalue weighted by atomic mass is 19.4. The first kappa shape index (κ1) is 13.5. The van der Waals surface area contributed by atoms with Crippen LogP contribution < -0.4 is 0 Å². The van der Waals surface area contributed by atoms with Gasteiger partial charge in [-0.05, 0) is 0 Å². The molecule has 0 saturated carbocycles. The Bertz CT molecular complexity index is 157. The Hall–Kier alpha value is -0.535. The summed E-state index contributed by atoms with van der Waals surface area (Å²) in [5, 5.41) is 0. The van der Waals surface area contributed by atoms with Crippen LogP contribution in [0.2, 0.25) is 0 Å². The van der Waals surface area contributed by atoms with Crippen LogP contribution in [0.25, 0.3) is 0 Å². The van der Waals surface area contributed by atoms with E-state index in [1.165, 1.54) is 0 Å². The third-order valence-electron chi connectivity index (χ3n) is 1.04. The molecular formula is C4H4BF8N. The van der Waals surface area contributed by atoms with E-state index in [1.54, 1.807) is 0 Å². The monoisotopic (exact) mass is 229 g/mol. The summed E-state index contributed by atoms with van der Waals surface area (Å²) in [4.78, 5) is -1.00. The van der Waals surface area contributed by atoms with E-state index in [0.717, 1.165) is 0 Å². The lowest BCUT2D eigenvalue weighted by Crippen LogP contribution is -2.45. The van der Waals surface area contributed by atoms with Gasteiger partial charge in [-0.1, -0.05) is 0 Å². The SMILES string of the molecule is FB(F)N(CC(F)(F)F)CC(F)(F)F. The predicted molar refractivity (Wildman–Crippen MR) is 31.7 cm³/mol. The van der Waals surface area contributed by atoms with Crippen molar-refractivity contribution in [2.24, 2.45) is 0 Å². The molecule has 0 saturated heterocycles. The summed E-state index contributed by atoms with van der Waals surface area (Å²) in [6.07, 6.45) is -10.2. The van der Waals surface area contributed by atoms with Crippen molar-refractivity contribution in [3.63, 3.8) is 0 Å². The van der Waals surface area contributed by atoms with E-state index >= 15 is 0 Å². The van der Waals surface area contributed by atoms with E-state index in [-0.39, 0.29) is 0 Å². The van der Waals surface area contributed by atoms with Crippen molar-refractivity contribution in [1.29, 1.82) is 0 Å². The highest BCUT2D eigenvalue weighted by molar-refractivity contribution is 6.39. The number of hydrogen-bond acceptors (Lipinski definition) is 1. The van der Waals surface area contributed by atoms with Crippen molar-refractivity contribution in [2.75, 3.05) is 13.1 Å². The van der Waals surface area contributed by atoms with Gasteiger partial charge in [-0.2, -0.15) is 26.3 Å². The maximum atomic E-state index is 11.7. The molecule has 0 radical (unpaired) electrons. The number of hydrogen-bond donors (Lipinski definition) is 0. The maximum Gasteiger partial charge on any atom is 0.637 e. The zero-order valence-electron chi connectivity index (χ0n) is 6.46. The second kappa shape index (κ2) is 4.32. The zero-order valence-corrected chi connectivity index (χ0v) is 6.46. The minimum atomic E-state index is -5.08. The van der Waals surface area contributed by atoms with Gasteiger partial charge < -0.3 is 0 Å². The van der Waals surface area contributed by atoms with E-state index in [1.807, 2.05) is 0 Å². The van der Waals surface area contributed by atoms with Gasteiger partial charge in [0.2, 0.25) is 0 Å². The molecule has 0 aromatic carbocycles. The lowest BCUT2D eigenvalue weighted by Gasteiger charge is -2.21. The number of alkyl halides is 6. The van der Waals surface area contributed by atoms with Crippen molar-refractivity contribution in [2.45, 2.75) is 12.4 Å². The minimum Gasteiger partial charge on any atom is -0.269 e. The molecule has 0 aromatic rings. The second-order valence-electron chi connectivity index (χ2n) is 2.41. The molecule has 0 fully saturated rings. The second-order valence-corrected chi connectivity index (χ2v) is 2.41. The van der Waals surface area contributed by atoms with E-state index in [4.69, 9.17) is 0 Å². The van der Waals surface area contributed by atoms with Crippen molar-refractivity contribution in [1.82, 2.24) is 4.81 Å². The minimum absolute atomic E-state index is 1.00. The fourth-order valence-corrected chi connectivity index (χ4v) is 0.654. The summed E-state index contributed by atoms with van der Waals surface area (Å²) in [5.41, 5.74) is 0. The van der Waals surface area contributed by atoms with Crippen molar-refractivity contribution in [3.8, 4) is 0 Å². The van der Waals surface area contributed by atoms with Crippen molar-refractivity contribution < 1.29 is 35.0 Å². The first-order valence-corrected chi connectivity index (χ1v) is 3.17. The largest absolute Gasteiger partial charge is 0.637 e. The lowest BCUT2D eigenvalue weighted by molar-refractivity contribution is -0.168. The summed E-state index contributed by atoms with van der Waals surface area (Å²) in [5.74, 6) is 0. The Morgan fingerprint density at radius 2 is 1.07 bits per heavy atom. The van der Waals surface area contributed by atoms with Crippen LogP contribution in [0.3, 0.4) is 0 Å². The van der Waals surface area contributed by atoms with Gasteiger partial charge in [0.05, 0.1) is 13.1 Å². The van der Waals surface area contributed by atoms with E-state index < -0.39 is 37.7 Å². The van der Waals surface area contributed by atoms with Crippen LogP contribution >= 0.6 is 0 Å². The molecule has 0 unspecified atom stereocenters. The van der Waals surface area contributed by atoms with Gasteiger partial charge in [0.15, 0.2) is 0 Å². The summed E-state index contributed by atoms with van der Waals surface area (Å²) >= 11 is 0. The molecule has 0 rings (SSSR count). The molecule has 0 bridgehead atoms. The van der Waals surface area contributed by atoms with Crippen LogP contribution in [0.15, 0.2) is 0 Å². The highest BCUT2D eigenvalue weighted by Gasteiger charge is 2.43. The quantitative estimate of drug-likeness (QED) is 0.530. The molecule has 0 N–H and O–H groups in total. The Morgan fingerprint density at radius 1 is 0.786 bits per heavy atom. The Kier molecular flexibility index (Phi) is 4.16. The average molecular weight is 229 g/mol. The van der Waals surface area contributed by atoms with Gasteiger partial charge in [0.1, 0.15) is 0 Å². The molecule has 84 valence electrons. The normalized spacial score (nSPS) is 13.5. The molecule has 0 aromatic heterocycles. The fourth-order valence-electron chi connectivity index (χ4n) is 0.654. The molecule has 0 aliphatic heterocycles. The molecule has 0 atom stereocenters. The topological polar surface area (TPSA) is 3.24 Å². The molecule has 10 heteroatoms. The van der Waals surface area contributed by atoms with Crippen LogP contribution in [0.4, 0.5) is 35.0 Å². The van der Waals surface area contributed by atoms with E-state index in [0.29, 0.717) is 0 Å². The third-order valence-corrected chi connectivity index (χ3v) is 1.04. The summed E-state index contributed by atoms with van der Waals surface area (Å²) in [6, 6.07) is 0. The van der Waals surface area contributed by atoms with Crippen LogP contribution in [0, 0.1) is 0 Å².